The van der Waals surface area contributed by atoms with Gasteiger partial charge in [-0.25, -0.2) is 0 Å². The molecule has 1 amide bonds. The summed E-state index contributed by atoms with van der Waals surface area (Å²) in [6.07, 6.45) is 0.168. The highest BCUT2D eigenvalue weighted by atomic mass is 16.6. The molecule has 3 rings (SSSR count). The molecule has 1 fully saturated rings. The molecular formula is C17H18N4O5. The first-order valence-corrected chi connectivity index (χ1v) is 7.98. The van der Waals surface area contributed by atoms with Gasteiger partial charge in [-0.3, -0.25) is 14.9 Å². The van der Waals surface area contributed by atoms with Gasteiger partial charge in [0.2, 0.25) is 0 Å². The lowest BCUT2D eigenvalue weighted by molar-refractivity contribution is -0.386. The summed E-state index contributed by atoms with van der Waals surface area (Å²) >= 11 is 0. The number of aromatic nitrogens is 1. The van der Waals surface area contributed by atoms with Crippen LogP contribution in [0.1, 0.15) is 12.0 Å². The number of primary amides is 1. The first kappa shape index (κ1) is 17.6. The number of aliphatic hydroxyl groups is 1. The molecule has 1 saturated heterocycles. The van der Waals surface area contributed by atoms with Gasteiger partial charge in [0, 0.05) is 19.0 Å². The van der Waals surface area contributed by atoms with E-state index in [0.717, 1.165) is 5.56 Å². The molecule has 2 heterocycles. The van der Waals surface area contributed by atoms with E-state index in [1.54, 1.807) is 4.90 Å². The molecule has 1 aromatic heterocycles. The average molecular weight is 358 g/mol. The summed E-state index contributed by atoms with van der Waals surface area (Å²) in [5.41, 5.74) is 4.19. The first-order chi connectivity index (χ1) is 12.4. The van der Waals surface area contributed by atoms with Crippen LogP contribution in [0.4, 0.5) is 11.5 Å². The largest absolute Gasteiger partial charge is 0.468 e. The third-order valence-corrected chi connectivity index (χ3v) is 4.27. The smallest absolute Gasteiger partial charge is 0.331 e. The number of anilines is 1. The van der Waals surface area contributed by atoms with Crippen molar-refractivity contribution in [2.75, 3.05) is 18.0 Å². The van der Waals surface area contributed by atoms with Crippen LogP contribution in [0.5, 0.6) is 5.88 Å². The highest BCUT2D eigenvalue weighted by molar-refractivity contribution is 5.84. The van der Waals surface area contributed by atoms with Gasteiger partial charge in [0.25, 0.3) is 11.8 Å². The molecule has 1 unspecified atom stereocenters. The molecule has 2 aromatic rings. The van der Waals surface area contributed by atoms with Crippen molar-refractivity contribution in [2.45, 2.75) is 18.6 Å². The van der Waals surface area contributed by atoms with Crippen molar-refractivity contribution >= 4 is 17.4 Å². The molecular weight excluding hydrogens is 340 g/mol. The number of benzene rings is 1. The summed E-state index contributed by atoms with van der Waals surface area (Å²) in [4.78, 5) is 27.9. The van der Waals surface area contributed by atoms with Crippen LogP contribution in [0.3, 0.4) is 0 Å². The van der Waals surface area contributed by atoms with Gasteiger partial charge in [-0.1, -0.05) is 30.3 Å². The van der Waals surface area contributed by atoms with Gasteiger partial charge in [-0.2, -0.15) is 4.98 Å². The SMILES string of the molecule is NC(=O)C1(O)CCN(c2ccc([N+](=O)[O-])c(OCc3ccccc3)n2)C1. The number of nitrogens with two attached hydrogens (primary N) is 1. The maximum absolute atomic E-state index is 11.4. The zero-order chi connectivity index (χ0) is 18.7. The fourth-order valence-corrected chi connectivity index (χ4v) is 2.76. The molecule has 0 aliphatic carbocycles. The first-order valence-electron chi connectivity index (χ1n) is 7.98. The quantitative estimate of drug-likeness (QED) is 0.581. The van der Waals surface area contributed by atoms with Crippen LogP contribution in [0.25, 0.3) is 0 Å². The Kier molecular flexibility index (Phi) is 4.72. The van der Waals surface area contributed by atoms with Crippen LogP contribution < -0.4 is 15.4 Å². The molecule has 0 saturated carbocycles. The van der Waals surface area contributed by atoms with Gasteiger partial charge >= 0.3 is 5.69 Å². The minimum absolute atomic E-state index is 0.0226. The number of nitrogens with zero attached hydrogens (tertiary/aromatic N) is 3. The summed E-state index contributed by atoms with van der Waals surface area (Å²) in [6.45, 7) is 0.455. The lowest BCUT2D eigenvalue weighted by atomic mass is 10.0. The molecule has 9 heteroatoms. The van der Waals surface area contributed by atoms with E-state index in [-0.39, 0.29) is 31.1 Å². The Labute approximate surface area is 149 Å². The molecule has 1 atom stereocenters. The molecule has 1 aliphatic heterocycles. The van der Waals surface area contributed by atoms with Crippen LogP contribution in [0, 0.1) is 10.1 Å². The Morgan fingerprint density at radius 2 is 2.08 bits per heavy atom. The third kappa shape index (κ3) is 3.57. The lowest BCUT2D eigenvalue weighted by Crippen LogP contribution is -2.46. The van der Waals surface area contributed by atoms with Crippen molar-refractivity contribution in [3.05, 3.63) is 58.1 Å². The van der Waals surface area contributed by atoms with Crippen LogP contribution in [0.15, 0.2) is 42.5 Å². The molecule has 3 N–H and O–H groups in total. The fraction of sp³-hybridized carbons (Fsp3) is 0.294. The van der Waals surface area contributed by atoms with Crippen LogP contribution in [0.2, 0.25) is 0 Å². The average Bonchev–Trinajstić information content (AvgIpc) is 3.04. The van der Waals surface area contributed by atoms with Gasteiger partial charge in [0.1, 0.15) is 12.4 Å². The van der Waals surface area contributed by atoms with Gasteiger partial charge in [-0.15, -0.1) is 0 Å². The molecule has 0 bridgehead atoms. The number of nitro groups is 1. The van der Waals surface area contributed by atoms with E-state index in [2.05, 4.69) is 4.98 Å². The van der Waals surface area contributed by atoms with Gasteiger partial charge in [0.15, 0.2) is 5.60 Å². The number of ether oxygens (including phenoxy) is 1. The van der Waals surface area contributed by atoms with E-state index in [1.807, 2.05) is 30.3 Å². The molecule has 136 valence electrons. The van der Waals surface area contributed by atoms with Gasteiger partial charge in [-0.05, 0) is 11.6 Å². The Hall–Kier alpha value is -3.20. The summed E-state index contributed by atoms with van der Waals surface area (Å²) in [5, 5.41) is 21.4. The van der Waals surface area contributed by atoms with Crippen LogP contribution in [-0.2, 0) is 11.4 Å². The third-order valence-electron chi connectivity index (χ3n) is 4.27. The molecule has 9 nitrogen and oxygen atoms in total. The normalized spacial score (nSPS) is 19.3. The molecule has 1 aromatic carbocycles. The highest BCUT2D eigenvalue weighted by Crippen LogP contribution is 2.31. The number of β-amino-alcohol motifs (C(OH)–C–C–N with tert-alkyl or cyclic N) is 1. The lowest BCUT2D eigenvalue weighted by Gasteiger charge is -2.21. The maximum atomic E-state index is 11.4. The van der Waals surface area contributed by atoms with E-state index in [4.69, 9.17) is 10.5 Å². The van der Waals surface area contributed by atoms with E-state index >= 15 is 0 Å². The summed E-state index contributed by atoms with van der Waals surface area (Å²) < 4.78 is 5.55. The number of carbonyl (C=O) groups excluding carboxylic acids is 1. The molecule has 0 radical (unpaired) electrons. The number of pyridine rings is 1. The predicted octanol–water partition coefficient (Wildman–Crippen LogP) is 0.995. The molecule has 26 heavy (non-hydrogen) atoms. The zero-order valence-electron chi connectivity index (χ0n) is 13.9. The van der Waals surface area contributed by atoms with Crippen molar-refractivity contribution in [2.24, 2.45) is 5.73 Å². The second kappa shape index (κ2) is 6.96. The van der Waals surface area contributed by atoms with Crippen molar-refractivity contribution in [1.29, 1.82) is 0 Å². The molecule has 0 spiro atoms. The zero-order valence-corrected chi connectivity index (χ0v) is 13.9. The topological polar surface area (TPSA) is 132 Å². The van der Waals surface area contributed by atoms with E-state index in [0.29, 0.717) is 12.4 Å². The second-order valence-electron chi connectivity index (χ2n) is 6.09. The Morgan fingerprint density at radius 1 is 1.35 bits per heavy atom. The number of rotatable bonds is 6. The van der Waals surface area contributed by atoms with E-state index in [1.165, 1.54) is 12.1 Å². The van der Waals surface area contributed by atoms with Crippen LogP contribution >= 0.6 is 0 Å². The highest BCUT2D eigenvalue weighted by Gasteiger charge is 2.42. The maximum Gasteiger partial charge on any atom is 0.331 e. The van der Waals surface area contributed by atoms with Crippen LogP contribution in [-0.4, -0.2) is 39.6 Å². The predicted molar refractivity (Wildman–Crippen MR) is 92.6 cm³/mol. The summed E-state index contributed by atoms with van der Waals surface area (Å²) in [6, 6.07) is 12.0. The van der Waals surface area contributed by atoms with Gasteiger partial charge < -0.3 is 20.5 Å². The minimum atomic E-state index is -1.63. The van der Waals surface area contributed by atoms with E-state index in [9.17, 15) is 20.0 Å². The Morgan fingerprint density at radius 3 is 2.69 bits per heavy atom. The number of amides is 1. The number of carbonyl (C=O) groups is 1. The molecule has 1 aliphatic rings. The number of hydrogen-bond acceptors (Lipinski definition) is 7. The van der Waals surface area contributed by atoms with Crippen molar-refractivity contribution in [1.82, 2.24) is 4.98 Å². The Balaban J connectivity index is 1.82. The Bertz CT molecular complexity index is 829. The second-order valence-corrected chi connectivity index (χ2v) is 6.09. The van der Waals surface area contributed by atoms with E-state index < -0.39 is 16.4 Å². The summed E-state index contributed by atoms with van der Waals surface area (Å²) in [5.74, 6) is -0.552. The standard InChI is InChI=1S/C17H18N4O5/c18-16(22)17(23)8-9-20(11-17)14-7-6-13(21(24)25)15(19-14)26-10-12-4-2-1-3-5-12/h1-7,23H,8-11H2,(H2,18,22). The summed E-state index contributed by atoms with van der Waals surface area (Å²) in [7, 11) is 0. The number of hydrogen-bond donors (Lipinski definition) is 2. The monoisotopic (exact) mass is 358 g/mol. The minimum Gasteiger partial charge on any atom is -0.468 e. The van der Waals surface area contributed by atoms with Crippen molar-refractivity contribution < 1.29 is 19.6 Å². The fourth-order valence-electron chi connectivity index (χ4n) is 2.76. The van der Waals surface area contributed by atoms with Crippen molar-refractivity contribution in [3.8, 4) is 5.88 Å². The van der Waals surface area contributed by atoms with Crippen molar-refractivity contribution in [3.63, 3.8) is 0 Å². The van der Waals surface area contributed by atoms with Gasteiger partial charge in [0.05, 0.1) is 11.5 Å².